The van der Waals surface area contributed by atoms with Crippen LogP contribution in [0.2, 0.25) is 10.0 Å². The van der Waals surface area contributed by atoms with E-state index in [2.05, 4.69) is 4.98 Å². The molecular formula is C16H15Cl2N3O3S. The summed E-state index contributed by atoms with van der Waals surface area (Å²) in [5.41, 5.74) is 0.429. The summed E-state index contributed by atoms with van der Waals surface area (Å²) in [6.07, 6.45) is 2.84. The Hall–Kier alpha value is -1.67. The second-order valence-corrected chi connectivity index (χ2v) is 8.27. The standard InChI is InChI=1S/C16H15Cl2N3O3S/c17-14-4-3-12(10-15(14)18)16(22)20-6-8-21(9-7-20)25(23,24)13-2-1-5-19-11-13/h1-5,10-11H,6-9H2. The Balaban J connectivity index is 1.69. The van der Waals surface area contributed by atoms with Gasteiger partial charge >= 0.3 is 0 Å². The Kier molecular flexibility index (Phi) is 5.29. The van der Waals surface area contributed by atoms with Crippen molar-refractivity contribution >= 4 is 39.1 Å². The van der Waals surface area contributed by atoms with Crippen LogP contribution in [-0.2, 0) is 10.0 Å². The molecule has 2 heterocycles. The SMILES string of the molecule is O=C(c1ccc(Cl)c(Cl)c1)N1CCN(S(=O)(=O)c2cccnc2)CC1. The lowest BCUT2D eigenvalue weighted by atomic mass is 10.2. The molecule has 1 aromatic carbocycles. The second-order valence-electron chi connectivity index (χ2n) is 5.51. The van der Waals surface area contributed by atoms with Gasteiger partial charge in [0.2, 0.25) is 10.0 Å². The van der Waals surface area contributed by atoms with E-state index in [1.54, 1.807) is 23.1 Å². The highest BCUT2D eigenvalue weighted by Crippen LogP contribution is 2.24. The Morgan fingerprint density at radius 2 is 1.76 bits per heavy atom. The minimum Gasteiger partial charge on any atom is -0.336 e. The van der Waals surface area contributed by atoms with Gasteiger partial charge in [-0.15, -0.1) is 0 Å². The Morgan fingerprint density at radius 1 is 1.04 bits per heavy atom. The average Bonchev–Trinajstić information content (AvgIpc) is 2.64. The van der Waals surface area contributed by atoms with E-state index in [0.717, 1.165) is 0 Å². The number of rotatable bonds is 3. The van der Waals surface area contributed by atoms with Gasteiger partial charge in [-0.05, 0) is 30.3 Å². The zero-order valence-corrected chi connectivity index (χ0v) is 15.4. The van der Waals surface area contributed by atoms with Crippen LogP contribution in [0.25, 0.3) is 0 Å². The van der Waals surface area contributed by atoms with Gasteiger partial charge in [0.15, 0.2) is 0 Å². The van der Waals surface area contributed by atoms with Crippen molar-refractivity contribution in [3.05, 3.63) is 58.3 Å². The summed E-state index contributed by atoms with van der Waals surface area (Å²) in [6.45, 7) is 1.06. The lowest BCUT2D eigenvalue weighted by Crippen LogP contribution is -2.50. The number of pyridine rings is 1. The molecule has 0 radical (unpaired) electrons. The van der Waals surface area contributed by atoms with E-state index in [4.69, 9.17) is 23.2 Å². The molecule has 1 fully saturated rings. The van der Waals surface area contributed by atoms with Crippen molar-refractivity contribution in [2.45, 2.75) is 4.90 Å². The molecule has 1 aromatic heterocycles. The summed E-state index contributed by atoms with van der Waals surface area (Å²) in [5, 5.41) is 0.691. The van der Waals surface area contributed by atoms with Crippen molar-refractivity contribution in [1.29, 1.82) is 0 Å². The van der Waals surface area contributed by atoms with Gasteiger partial charge in [-0.2, -0.15) is 4.31 Å². The molecule has 0 aliphatic carbocycles. The fourth-order valence-electron chi connectivity index (χ4n) is 2.59. The summed E-state index contributed by atoms with van der Waals surface area (Å²) in [7, 11) is -3.59. The van der Waals surface area contributed by atoms with Crippen LogP contribution >= 0.6 is 23.2 Å². The molecule has 0 saturated carbocycles. The lowest BCUT2D eigenvalue weighted by Gasteiger charge is -2.34. The third-order valence-corrected chi connectivity index (χ3v) is 6.59. The first-order valence-electron chi connectivity index (χ1n) is 7.54. The average molecular weight is 400 g/mol. The number of hydrogen-bond donors (Lipinski definition) is 0. The Morgan fingerprint density at radius 3 is 2.36 bits per heavy atom. The number of carbonyl (C=O) groups excluding carboxylic acids is 1. The van der Waals surface area contributed by atoms with Crippen LogP contribution in [0.15, 0.2) is 47.6 Å². The number of carbonyl (C=O) groups is 1. The predicted octanol–water partition coefficient (Wildman–Crippen LogP) is 2.54. The molecule has 1 saturated heterocycles. The van der Waals surface area contributed by atoms with E-state index in [1.165, 1.54) is 28.8 Å². The van der Waals surface area contributed by atoms with Crippen molar-refractivity contribution in [3.63, 3.8) is 0 Å². The van der Waals surface area contributed by atoms with Crippen molar-refractivity contribution in [2.24, 2.45) is 0 Å². The van der Waals surface area contributed by atoms with Gasteiger partial charge in [-0.1, -0.05) is 23.2 Å². The van der Waals surface area contributed by atoms with Crippen LogP contribution in [0.3, 0.4) is 0 Å². The minimum absolute atomic E-state index is 0.152. The largest absolute Gasteiger partial charge is 0.336 e. The Bertz CT molecular complexity index is 883. The number of amides is 1. The molecule has 1 aliphatic heterocycles. The van der Waals surface area contributed by atoms with Crippen molar-refractivity contribution in [1.82, 2.24) is 14.2 Å². The fourth-order valence-corrected chi connectivity index (χ4v) is 4.28. The first kappa shape index (κ1) is 18.1. The monoisotopic (exact) mass is 399 g/mol. The first-order valence-corrected chi connectivity index (χ1v) is 9.74. The molecule has 0 atom stereocenters. The third-order valence-electron chi connectivity index (χ3n) is 3.96. The molecular weight excluding hydrogens is 385 g/mol. The van der Waals surface area contributed by atoms with E-state index in [1.807, 2.05) is 0 Å². The van der Waals surface area contributed by atoms with Gasteiger partial charge in [0.1, 0.15) is 4.90 Å². The molecule has 6 nitrogen and oxygen atoms in total. The van der Waals surface area contributed by atoms with Gasteiger partial charge in [0.05, 0.1) is 10.0 Å². The molecule has 2 aromatic rings. The van der Waals surface area contributed by atoms with Crippen LogP contribution in [0.4, 0.5) is 0 Å². The fraction of sp³-hybridized carbons (Fsp3) is 0.250. The maximum Gasteiger partial charge on any atom is 0.253 e. The summed E-state index contributed by atoms with van der Waals surface area (Å²) < 4.78 is 26.5. The van der Waals surface area contributed by atoms with E-state index in [9.17, 15) is 13.2 Å². The summed E-state index contributed by atoms with van der Waals surface area (Å²) >= 11 is 11.8. The summed E-state index contributed by atoms with van der Waals surface area (Å²) in [4.78, 5) is 18.1. The molecule has 25 heavy (non-hydrogen) atoms. The highest BCUT2D eigenvalue weighted by molar-refractivity contribution is 7.89. The molecule has 1 aliphatic rings. The van der Waals surface area contributed by atoms with Crippen LogP contribution in [-0.4, -0.2) is 54.7 Å². The highest BCUT2D eigenvalue weighted by Gasteiger charge is 2.30. The molecule has 0 bridgehead atoms. The van der Waals surface area contributed by atoms with E-state index in [0.29, 0.717) is 28.7 Å². The number of hydrogen-bond acceptors (Lipinski definition) is 4. The maximum absolute atomic E-state index is 12.6. The van der Waals surface area contributed by atoms with Crippen LogP contribution in [0, 0.1) is 0 Å². The van der Waals surface area contributed by atoms with Gasteiger partial charge in [-0.3, -0.25) is 9.78 Å². The zero-order chi connectivity index (χ0) is 18.0. The topological polar surface area (TPSA) is 70.6 Å². The number of benzene rings is 1. The van der Waals surface area contributed by atoms with E-state index in [-0.39, 0.29) is 23.9 Å². The van der Waals surface area contributed by atoms with E-state index < -0.39 is 10.0 Å². The molecule has 1 amide bonds. The third kappa shape index (κ3) is 3.79. The normalized spacial score (nSPS) is 16.0. The quantitative estimate of drug-likeness (QED) is 0.794. The molecule has 3 rings (SSSR count). The lowest BCUT2D eigenvalue weighted by molar-refractivity contribution is 0.0698. The van der Waals surface area contributed by atoms with Crippen molar-refractivity contribution in [2.75, 3.05) is 26.2 Å². The van der Waals surface area contributed by atoms with Crippen molar-refractivity contribution in [3.8, 4) is 0 Å². The summed E-state index contributed by atoms with van der Waals surface area (Å²) in [5.74, 6) is -0.197. The second kappa shape index (κ2) is 7.29. The minimum atomic E-state index is -3.59. The molecule has 132 valence electrons. The number of nitrogens with zero attached hydrogens (tertiary/aromatic N) is 3. The first-order chi connectivity index (χ1) is 11.9. The predicted molar refractivity (Wildman–Crippen MR) is 95.4 cm³/mol. The van der Waals surface area contributed by atoms with Gasteiger partial charge in [0.25, 0.3) is 5.91 Å². The van der Waals surface area contributed by atoms with Crippen molar-refractivity contribution < 1.29 is 13.2 Å². The summed E-state index contributed by atoms with van der Waals surface area (Å²) in [6, 6.07) is 7.78. The van der Waals surface area contributed by atoms with Crippen LogP contribution < -0.4 is 0 Å². The molecule has 9 heteroatoms. The zero-order valence-electron chi connectivity index (χ0n) is 13.1. The molecule has 0 N–H and O–H groups in total. The van der Waals surface area contributed by atoms with E-state index >= 15 is 0 Å². The molecule has 0 spiro atoms. The number of sulfonamides is 1. The van der Waals surface area contributed by atoms with Gasteiger partial charge < -0.3 is 4.90 Å². The Labute approximate surface area is 156 Å². The van der Waals surface area contributed by atoms with Crippen LogP contribution in [0.5, 0.6) is 0 Å². The number of piperazine rings is 1. The van der Waals surface area contributed by atoms with Crippen LogP contribution in [0.1, 0.15) is 10.4 Å². The number of halogens is 2. The van der Waals surface area contributed by atoms with Gasteiger partial charge in [-0.25, -0.2) is 8.42 Å². The maximum atomic E-state index is 12.6. The highest BCUT2D eigenvalue weighted by atomic mass is 35.5. The number of aromatic nitrogens is 1. The van der Waals surface area contributed by atoms with Gasteiger partial charge in [0, 0.05) is 44.1 Å². The smallest absolute Gasteiger partial charge is 0.253 e. The molecule has 0 unspecified atom stereocenters.